The van der Waals surface area contributed by atoms with Crippen LogP contribution in [0.5, 0.6) is 0 Å². The normalized spacial score (nSPS) is 11.3. The Morgan fingerprint density at radius 2 is 1.53 bits per heavy atom. The second-order valence-corrected chi connectivity index (χ2v) is 8.71. The number of aromatic nitrogens is 1. The maximum atomic E-state index is 12.9. The van der Waals surface area contributed by atoms with Gasteiger partial charge < -0.3 is 14.4 Å². The van der Waals surface area contributed by atoms with Crippen LogP contribution < -0.4 is 5.56 Å². The van der Waals surface area contributed by atoms with Crippen molar-refractivity contribution in [1.82, 2.24) is 4.57 Å². The summed E-state index contributed by atoms with van der Waals surface area (Å²) in [6.45, 7) is 22.1. The van der Waals surface area contributed by atoms with Gasteiger partial charge in [-0.15, -0.1) is 0 Å². The summed E-state index contributed by atoms with van der Waals surface area (Å²) >= 11 is 0. The van der Waals surface area contributed by atoms with E-state index in [1.165, 1.54) is 12.0 Å². The maximum absolute atomic E-state index is 12.9. The number of hydrogen-bond donors (Lipinski definition) is 1. The molecule has 2 aromatic rings. The molecule has 0 spiro atoms. The van der Waals surface area contributed by atoms with Crippen LogP contribution in [0.2, 0.25) is 0 Å². The molecule has 1 unspecified atom stereocenters. The zero-order valence-corrected chi connectivity index (χ0v) is 23.4. The lowest BCUT2D eigenvalue weighted by molar-refractivity contribution is -0.122. The van der Waals surface area contributed by atoms with Crippen LogP contribution in [-0.4, -0.2) is 21.7 Å². The SMILES string of the molecule is C/C=C\c1c(-c2ccc(C)cc2)c(C(C)OC(C)(C)C)n(C)c(=O)c1C.CC.CCC.O=CO. The highest BCUT2D eigenvalue weighted by atomic mass is 16.5. The standard InChI is InChI=1S/C23H31NO2.C3H8.C2H6.CH2O2/c1-9-10-19-16(3)22(25)24(8)21(17(4)26-23(5,6)7)20(19)18-13-11-15(2)12-14-18;1-3-2;1-2;2-1-3/h9-14,17H,1-8H3;3H2,1-2H3;1-2H3;1H,(H,2,3)/b10-9-;;;. The predicted molar refractivity (Wildman–Crippen MR) is 147 cm³/mol. The number of rotatable bonds is 4. The molecule has 0 saturated heterocycles. The summed E-state index contributed by atoms with van der Waals surface area (Å²) in [5.41, 5.74) is 5.74. The first-order valence-corrected chi connectivity index (χ1v) is 12.1. The van der Waals surface area contributed by atoms with E-state index < -0.39 is 0 Å². The van der Waals surface area contributed by atoms with Crippen LogP contribution in [0.1, 0.15) is 97.2 Å². The van der Waals surface area contributed by atoms with Gasteiger partial charge in [0.1, 0.15) is 0 Å². The Hall–Kier alpha value is -2.66. The number of hydrogen-bond acceptors (Lipinski definition) is 3. The van der Waals surface area contributed by atoms with E-state index in [0.717, 1.165) is 27.9 Å². The third kappa shape index (κ3) is 10.5. The lowest BCUT2D eigenvalue weighted by Crippen LogP contribution is -2.29. The summed E-state index contributed by atoms with van der Waals surface area (Å²) in [4.78, 5) is 21.2. The Kier molecular flexibility index (Phi) is 16.6. The average molecular weight is 474 g/mol. The van der Waals surface area contributed by atoms with E-state index in [9.17, 15) is 4.79 Å². The molecule has 0 radical (unpaired) electrons. The minimum atomic E-state index is -0.300. The van der Waals surface area contributed by atoms with E-state index in [1.807, 2.05) is 74.6 Å². The van der Waals surface area contributed by atoms with Crippen molar-refractivity contribution < 1.29 is 14.6 Å². The predicted octanol–water partition coefficient (Wildman–Crippen LogP) is 7.72. The smallest absolute Gasteiger partial charge is 0.290 e. The monoisotopic (exact) mass is 473 g/mol. The summed E-state index contributed by atoms with van der Waals surface area (Å²) in [6.07, 6.45) is 5.05. The molecule has 34 heavy (non-hydrogen) atoms. The van der Waals surface area contributed by atoms with Gasteiger partial charge in [-0.25, -0.2) is 0 Å². The fourth-order valence-corrected chi connectivity index (χ4v) is 3.43. The fraction of sp³-hybridized carbons (Fsp3) is 0.517. The van der Waals surface area contributed by atoms with Crippen molar-refractivity contribution in [3.8, 4) is 11.1 Å². The first kappa shape index (κ1) is 33.5. The second-order valence-electron chi connectivity index (χ2n) is 8.71. The molecule has 1 heterocycles. The Labute approximate surface area is 207 Å². The highest BCUT2D eigenvalue weighted by Gasteiger charge is 2.25. The van der Waals surface area contributed by atoms with Gasteiger partial charge in [0.2, 0.25) is 0 Å². The second kappa shape index (κ2) is 16.9. The number of carbonyl (C=O) groups is 1. The lowest BCUT2D eigenvalue weighted by Gasteiger charge is -2.29. The molecule has 0 aliphatic rings. The van der Waals surface area contributed by atoms with Gasteiger partial charge in [0.25, 0.3) is 12.0 Å². The van der Waals surface area contributed by atoms with Crippen LogP contribution in [0, 0.1) is 13.8 Å². The van der Waals surface area contributed by atoms with Crippen molar-refractivity contribution in [2.75, 3.05) is 0 Å². The van der Waals surface area contributed by atoms with Gasteiger partial charge in [-0.05, 0) is 59.6 Å². The average Bonchev–Trinajstić information content (AvgIpc) is 2.76. The number of carboxylic acid groups (broad SMARTS) is 1. The Morgan fingerprint density at radius 1 is 1.09 bits per heavy atom. The molecule has 0 aliphatic heterocycles. The van der Waals surface area contributed by atoms with E-state index in [-0.39, 0.29) is 23.7 Å². The van der Waals surface area contributed by atoms with Crippen molar-refractivity contribution in [3.05, 3.63) is 63.1 Å². The highest BCUT2D eigenvalue weighted by molar-refractivity contribution is 5.79. The van der Waals surface area contributed by atoms with Crippen LogP contribution in [0.25, 0.3) is 17.2 Å². The van der Waals surface area contributed by atoms with E-state index in [2.05, 4.69) is 45.0 Å². The van der Waals surface area contributed by atoms with Gasteiger partial charge >= 0.3 is 0 Å². The number of nitrogens with zero attached hydrogens (tertiary/aromatic N) is 1. The molecule has 1 N–H and O–H groups in total. The van der Waals surface area contributed by atoms with E-state index in [0.29, 0.717) is 0 Å². The minimum absolute atomic E-state index is 0.0216. The molecular weight excluding hydrogens is 426 g/mol. The molecule has 1 atom stereocenters. The first-order chi connectivity index (χ1) is 15.9. The Bertz CT molecular complexity index is 933. The molecule has 0 aliphatic carbocycles. The number of benzene rings is 1. The van der Waals surface area contributed by atoms with Crippen LogP contribution >= 0.6 is 0 Å². The lowest BCUT2D eigenvalue weighted by atomic mass is 9.92. The zero-order chi connectivity index (χ0) is 27.1. The van der Waals surface area contributed by atoms with Crippen molar-refractivity contribution >= 4 is 12.5 Å². The molecule has 1 aromatic heterocycles. The first-order valence-electron chi connectivity index (χ1n) is 12.1. The zero-order valence-electron chi connectivity index (χ0n) is 23.4. The Balaban J connectivity index is 0. The van der Waals surface area contributed by atoms with Crippen LogP contribution in [0.3, 0.4) is 0 Å². The van der Waals surface area contributed by atoms with Crippen molar-refractivity contribution in [1.29, 1.82) is 0 Å². The third-order valence-electron chi connectivity index (χ3n) is 4.51. The van der Waals surface area contributed by atoms with Gasteiger partial charge in [0.05, 0.1) is 17.4 Å². The number of pyridine rings is 1. The van der Waals surface area contributed by atoms with Crippen LogP contribution in [0.4, 0.5) is 0 Å². The molecule has 0 saturated carbocycles. The molecule has 0 amide bonds. The summed E-state index contributed by atoms with van der Waals surface area (Å²) in [6, 6.07) is 8.45. The quantitative estimate of drug-likeness (QED) is 0.461. The largest absolute Gasteiger partial charge is 0.483 e. The molecule has 5 nitrogen and oxygen atoms in total. The Morgan fingerprint density at radius 3 is 1.91 bits per heavy atom. The number of allylic oxidation sites excluding steroid dienone is 1. The molecule has 0 bridgehead atoms. The summed E-state index contributed by atoms with van der Waals surface area (Å²) in [5, 5.41) is 6.89. The van der Waals surface area contributed by atoms with Crippen LogP contribution in [0.15, 0.2) is 35.1 Å². The fourth-order valence-electron chi connectivity index (χ4n) is 3.43. The molecule has 0 fully saturated rings. The van der Waals surface area contributed by atoms with E-state index in [4.69, 9.17) is 14.6 Å². The van der Waals surface area contributed by atoms with E-state index in [1.54, 1.807) is 4.57 Å². The van der Waals surface area contributed by atoms with Gasteiger partial charge in [0.15, 0.2) is 0 Å². The van der Waals surface area contributed by atoms with Gasteiger partial charge in [0, 0.05) is 18.2 Å². The molecule has 5 heteroatoms. The maximum Gasteiger partial charge on any atom is 0.290 e. The number of ether oxygens (including phenoxy) is 1. The van der Waals surface area contributed by atoms with Gasteiger partial charge in [-0.1, -0.05) is 76.1 Å². The topological polar surface area (TPSA) is 68.5 Å². The van der Waals surface area contributed by atoms with E-state index >= 15 is 0 Å². The van der Waals surface area contributed by atoms with Gasteiger partial charge in [-0.3, -0.25) is 9.59 Å². The molecule has 1 aromatic carbocycles. The molecular formula is C29H47NO4. The van der Waals surface area contributed by atoms with Crippen LogP contribution in [-0.2, 0) is 16.6 Å². The third-order valence-corrected chi connectivity index (χ3v) is 4.51. The highest BCUT2D eigenvalue weighted by Crippen LogP contribution is 2.35. The van der Waals surface area contributed by atoms with Crippen molar-refractivity contribution in [2.45, 2.75) is 94.3 Å². The molecule has 192 valence electrons. The number of aryl methyl sites for hydroxylation is 1. The summed E-state index contributed by atoms with van der Waals surface area (Å²) in [7, 11) is 1.84. The summed E-state index contributed by atoms with van der Waals surface area (Å²) in [5.74, 6) is 0. The van der Waals surface area contributed by atoms with Gasteiger partial charge in [-0.2, -0.15) is 0 Å². The van der Waals surface area contributed by atoms with Crippen molar-refractivity contribution in [2.24, 2.45) is 7.05 Å². The minimum Gasteiger partial charge on any atom is -0.483 e. The van der Waals surface area contributed by atoms with Crippen molar-refractivity contribution in [3.63, 3.8) is 0 Å². The summed E-state index contributed by atoms with van der Waals surface area (Å²) < 4.78 is 7.98. The molecule has 2 rings (SSSR count).